The summed E-state index contributed by atoms with van der Waals surface area (Å²) in [6.07, 6.45) is 0. The predicted molar refractivity (Wildman–Crippen MR) is 92.9 cm³/mol. The summed E-state index contributed by atoms with van der Waals surface area (Å²) in [6.45, 7) is 5.58. The van der Waals surface area contributed by atoms with Gasteiger partial charge in [0.1, 0.15) is 0 Å². The highest BCUT2D eigenvalue weighted by Crippen LogP contribution is 2.25. The molecule has 0 aliphatic carbocycles. The minimum atomic E-state index is -3.11. The maximum absolute atomic E-state index is 11.8. The zero-order valence-corrected chi connectivity index (χ0v) is 14.2. The van der Waals surface area contributed by atoms with E-state index in [1.807, 2.05) is 12.1 Å². The van der Waals surface area contributed by atoms with Crippen LogP contribution in [0.1, 0.15) is 6.92 Å². The van der Waals surface area contributed by atoms with Crippen molar-refractivity contribution in [3.8, 4) is 0 Å². The van der Waals surface area contributed by atoms with E-state index in [0.29, 0.717) is 4.90 Å². The average Bonchev–Trinajstić information content (AvgIpc) is 3.10. The fourth-order valence-corrected chi connectivity index (χ4v) is 4.34. The number of sulfone groups is 1. The second-order valence-electron chi connectivity index (χ2n) is 5.32. The average molecular weight is 336 g/mol. The van der Waals surface area contributed by atoms with Crippen molar-refractivity contribution in [2.45, 2.75) is 11.8 Å². The van der Waals surface area contributed by atoms with E-state index >= 15 is 0 Å². The predicted octanol–water partition coefficient (Wildman–Crippen LogP) is 2.87. The van der Waals surface area contributed by atoms with Crippen molar-refractivity contribution in [1.82, 2.24) is 0 Å². The van der Waals surface area contributed by atoms with Gasteiger partial charge in [0, 0.05) is 31.9 Å². The molecule has 1 aliphatic heterocycles. The lowest BCUT2D eigenvalue weighted by molar-refractivity contribution is 0.597. The Balaban J connectivity index is 1.66. The van der Waals surface area contributed by atoms with Gasteiger partial charge in [-0.1, -0.05) is 6.92 Å². The highest BCUT2D eigenvalue weighted by Gasteiger charge is 2.19. The highest BCUT2D eigenvalue weighted by atomic mass is 32.2. The topological polar surface area (TPSA) is 40.6 Å². The molecule has 0 bridgehead atoms. The van der Waals surface area contributed by atoms with Crippen LogP contribution in [0.3, 0.4) is 0 Å². The van der Waals surface area contributed by atoms with Gasteiger partial charge >= 0.3 is 0 Å². The Kier molecular flexibility index (Phi) is 4.40. The van der Waals surface area contributed by atoms with Gasteiger partial charge in [-0.3, -0.25) is 0 Å². The van der Waals surface area contributed by atoms with Crippen LogP contribution in [0, 0.1) is 0 Å². The molecule has 0 radical (unpaired) electrons. The lowest BCUT2D eigenvalue weighted by Gasteiger charge is -2.36. The van der Waals surface area contributed by atoms with Crippen molar-refractivity contribution in [3.05, 3.63) is 41.8 Å². The van der Waals surface area contributed by atoms with Gasteiger partial charge in [0.2, 0.25) is 0 Å². The van der Waals surface area contributed by atoms with E-state index in [4.69, 9.17) is 0 Å². The summed E-state index contributed by atoms with van der Waals surface area (Å²) in [6, 6.07) is 11.5. The van der Waals surface area contributed by atoms with Gasteiger partial charge in [0.05, 0.1) is 15.6 Å². The lowest BCUT2D eigenvalue weighted by Crippen LogP contribution is -2.46. The molecule has 118 valence electrons. The van der Waals surface area contributed by atoms with Crippen molar-refractivity contribution in [2.75, 3.05) is 41.7 Å². The molecule has 4 nitrogen and oxygen atoms in total. The first-order valence-corrected chi connectivity index (χ1v) is 9.99. The van der Waals surface area contributed by atoms with Crippen LogP contribution in [0.4, 0.5) is 10.7 Å². The molecular formula is C16H20N2O2S2. The third kappa shape index (κ3) is 3.13. The molecule has 1 aromatic carbocycles. The number of hydrogen-bond acceptors (Lipinski definition) is 5. The first-order valence-electron chi connectivity index (χ1n) is 7.46. The van der Waals surface area contributed by atoms with E-state index in [1.54, 1.807) is 30.4 Å². The Morgan fingerprint density at radius 2 is 1.64 bits per heavy atom. The molecule has 0 unspecified atom stereocenters. The van der Waals surface area contributed by atoms with Gasteiger partial charge in [-0.05, 0) is 41.8 Å². The van der Waals surface area contributed by atoms with Crippen LogP contribution >= 0.6 is 11.3 Å². The SMILES string of the molecule is CCS(=O)(=O)c1ccc(N2CCN(c3cccs3)CC2)cc1. The van der Waals surface area contributed by atoms with Crippen molar-refractivity contribution in [1.29, 1.82) is 0 Å². The monoisotopic (exact) mass is 336 g/mol. The second-order valence-corrected chi connectivity index (χ2v) is 8.53. The minimum absolute atomic E-state index is 0.145. The number of hydrogen-bond donors (Lipinski definition) is 0. The number of piperazine rings is 1. The Morgan fingerprint density at radius 3 is 2.18 bits per heavy atom. The van der Waals surface area contributed by atoms with E-state index in [2.05, 4.69) is 27.3 Å². The van der Waals surface area contributed by atoms with Crippen LogP contribution < -0.4 is 9.80 Å². The normalized spacial score (nSPS) is 16.0. The van der Waals surface area contributed by atoms with Gasteiger partial charge in [-0.25, -0.2) is 8.42 Å². The fourth-order valence-electron chi connectivity index (χ4n) is 2.67. The maximum Gasteiger partial charge on any atom is 0.178 e. The van der Waals surface area contributed by atoms with Gasteiger partial charge < -0.3 is 9.80 Å². The second kappa shape index (κ2) is 6.30. The van der Waals surface area contributed by atoms with Crippen LogP contribution in [0.25, 0.3) is 0 Å². The van der Waals surface area contributed by atoms with Crippen LogP contribution in [0.5, 0.6) is 0 Å². The van der Waals surface area contributed by atoms with E-state index in [-0.39, 0.29) is 5.75 Å². The van der Waals surface area contributed by atoms with Crippen molar-refractivity contribution in [2.24, 2.45) is 0 Å². The Bertz CT molecular complexity index is 701. The molecule has 2 heterocycles. The summed E-state index contributed by atoms with van der Waals surface area (Å²) >= 11 is 1.77. The van der Waals surface area contributed by atoms with Crippen LogP contribution in [0.2, 0.25) is 0 Å². The smallest absolute Gasteiger partial charge is 0.178 e. The third-order valence-electron chi connectivity index (χ3n) is 4.04. The van der Waals surface area contributed by atoms with E-state index in [0.717, 1.165) is 31.9 Å². The number of benzene rings is 1. The zero-order chi connectivity index (χ0) is 15.6. The molecule has 2 aromatic rings. The summed E-state index contributed by atoms with van der Waals surface area (Å²) in [5, 5.41) is 3.43. The summed E-state index contributed by atoms with van der Waals surface area (Å²) in [7, 11) is -3.11. The highest BCUT2D eigenvalue weighted by molar-refractivity contribution is 7.91. The van der Waals surface area contributed by atoms with Crippen molar-refractivity contribution >= 4 is 31.9 Å². The molecule has 0 saturated carbocycles. The molecule has 0 N–H and O–H groups in total. The number of anilines is 2. The number of rotatable bonds is 4. The minimum Gasteiger partial charge on any atom is -0.368 e. The molecular weight excluding hydrogens is 316 g/mol. The largest absolute Gasteiger partial charge is 0.368 e. The fraction of sp³-hybridized carbons (Fsp3) is 0.375. The first-order chi connectivity index (χ1) is 10.6. The molecule has 1 saturated heterocycles. The summed E-state index contributed by atoms with van der Waals surface area (Å²) in [5.41, 5.74) is 1.10. The Hall–Kier alpha value is -1.53. The first kappa shape index (κ1) is 15.4. The third-order valence-corrected chi connectivity index (χ3v) is 6.72. The molecule has 1 aliphatic rings. The number of thiophene rings is 1. The molecule has 0 atom stereocenters. The van der Waals surface area contributed by atoms with Crippen molar-refractivity contribution in [3.63, 3.8) is 0 Å². The van der Waals surface area contributed by atoms with Gasteiger partial charge in [-0.2, -0.15) is 0 Å². The van der Waals surface area contributed by atoms with Gasteiger partial charge in [0.15, 0.2) is 9.84 Å². The van der Waals surface area contributed by atoms with Crippen LogP contribution in [-0.2, 0) is 9.84 Å². The van der Waals surface area contributed by atoms with Crippen molar-refractivity contribution < 1.29 is 8.42 Å². The summed E-state index contributed by atoms with van der Waals surface area (Å²) in [5.74, 6) is 0.145. The summed E-state index contributed by atoms with van der Waals surface area (Å²) < 4.78 is 23.7. The molecule has 1 fully saturated rings. The Morgan fingerprint density at radius 1 is 1.00 bits per heavy atom. The molecule has 22 heavy (non-hydrogen) atoms. The van der Waals surface area contributed by atoms with Gasteiger partial charge in [-0.15, -0.1) is 11.3 Å². The Labute approximate surface area is 135 Å². The van der Waals surface area contributed by atoms with Gasteiger partial charge in [0.25, 0.3) is 0 Å². The quantitative estimate of drug-likeness (QED) is 0.861. The molecule has 6 heteroatoms. The lowest BCUT2D eigenvalue weighted by atomic mass is 10.2. The number of nitrogens with zero attached hydrogens (tertiary/aromatic N) is 2. The van der Waals surface area contributed by atoms with Crippen LogP contribution in [0.15, 0.2) is 46.7 Å². The molecule has 1 aromatic heterocycles. The maximum atomic E-state index is 11.8. The molecule has 0 amide bonds. The van der Waals surface area contributed by atoms with E-state index < -0.39 is 9.84 Å². The molecule has 0 spiro atoms. The molecule has 3 rings (SSSR count). The standard InChI is InChI=1S/C16H20N2O2S2/c1-2-22(19,20)15-7-5-14(6-8-15)17-9-11-18(12-10-17)16-4-3-13-21-16/h3-8,13H,2,9-12H2,1H3. The zero-order valence-electron chi connectivity index (χ0n) is 12.6. The van der Waals surface area contributed by atoms with Crippen LogP contribution in [-0.4, -0.2) is 40.3 Å². The van der Waals surface area contributed by atoms with E-state index in [1.165, 1.54) is 5.00 Å². The van der Waals surface area contributed by atoms with E-state index in [9.17, 15) is 8.42 Å². The summed E-state index contributed by atoms with van der Waals surface area (Å²) in [4.78, 5) is 5.12.